The molecule has 0 spiro atoms. The van der Waals surface area contributed by atoms with E-state index in [9.17, 15) is 0 Å². The number of likely N-dealkylation sites (N-methyl/N-ethyl adjacent to an activating group) is 1. The van der Waals surface area contributed by atoms with E-state index in [0.717, 1.165) is 24.1 Å². The van der Waals surface area contributed by atoms with Gasteiger partial charge in [0.05, 0.1) is 7.11 Å². The molecule has 3 heteroatoms. The van der Waals surface area contributed by atoms with E-state index in [2.05, 4.69) is 43.3 Å². The van der Waals surface area contributed by atoms with Gasteiger partial charge in [-0.25, -0.2) is 0 Å². The summed E-state index contributed by atoms with van der Waals surface area (Å²) < 4.78 is 6.88. The third-order valence-electron chi connectivity index (χ3n) is 5.17. The fraction of sp³-hybridized carbons (Fsp3) is 0.474. The molecular formula is C19H23NOS. The number of hydrogen-bond acceptors (Lipinski definition) is 3. The van der Waals surface area contributed by atoms with Crippen LogP contribution in [0.15, 0.2) is 29.8 Å². The van der Waals surface area contributed by atoms with Crippen molar-refractivity contribution >= 4 is 27.0 Å². The Morgan fingerprint density at radius 1 is 1.23 bits per heavy atom. The Labute approximate surface area is 136 Å². The SMILES string of the molecule is COc1cccc2sc(C3=C(CN(C)C)C4CCC3C4)cc12. The minimum atomic E-state index is 0.791. The number of hydrogen-bond donors (Lipinski definition) is 0. The zero-order valence-corrected chi connectivity index (χ0v) is 14.4. The van der Waals surface area contributed by atoms with Gasteiger partial charge in [-0.05, 0) is 74.5 Å². The average Bonchev–Trinajstić information content (AvgIpc) is 3.19. The van der Waals surface area contributed by atoms with Gasteiger partial charge in [0.25, 0.3) is 0 Å². The lowest BCUT2D eigenvalue weighted by Crippen LogP contribution is -2.19. The second-order valence-corrected chi connectivity index (χ2v) is 7.95. The van der Waals surface area contributed by atoms with E-state index in [1.807, 2.05) is 11.3 Å². The summed E-state index contributed by atoms with van der Waals surface area (Å²) in [7, 11) is 6.13. The van der Waals surface area contributed by atoms with Crippen LogP contribution in [0.25, 0.3) is 15.7 Å². The maximum atomic E-state index is 5.54. The molecule has 0 saturated heterocycles. The lowest BCUT2D eigenvalue weighted by Gasteiger charge is -2.22. The van der Waals surface area contributed by atoms with Gasteiger partial charge in [-0.1, -0.05) is 6.07 Å². The molecule has 22 heavy (non-hydrogen) atoms. The van der Waals surface area contributed by atoms with Crippen molar-refractivity contribution in [1.29, 1.82) is 0 Å². The summed E-state index contributed by atoms with van der Waals surface area (Å²) in [4.78, 5) is 3.80. The number of nitrogens with zero attached hydrogens (tertiary/aromatic N) is 1. The van der Waals surface area contributed by atoms with E-state index in [4.69, 9.17) is 4.74 Å². The first-order chi connectivity index (χ1) is 10.7. The Kier molecular flexibility index (Phi) is 3.50. The molecule has 2 aromatic rings. The van der Waals surface area contributed by atoms with Crippen molar-refractivity contribution in [3.63, 3.8) is 0 Å². The lowest BCUT2D eigenvalue weighted by atomic mass is 9.90. The largest absolute Gasteiger partial charge is 0.496 e. The molecule has 4 rings (SSSR count). The van der Waals surface area contributed by atoms with E-state index in [-0.39, 0.29) is 0 Å². The molecule has 0 amide bonds. The standard InChI is InChI=1S/C19H23NOS/c1-20(2)11-15-12-7-8-13(9-12)19(15)18-10-14-16(21-3)5-4-6-17(14)22-18/h4-6,10,12-13H,7-9,11H2,1-3H3. The molecule has 2 aliphatic rings. The minimum Gasteiger partial charge on any atom is -0.496 e. The monoisotopic (exact) mass is 313 g/mol. The van der Waals surface area contributed by atoms with E-state index in [1.54, 1.807) is 18.3 Å². The normalized spacial score (nSPS) is 24.0. The maximum Gasteiger partial charge on any atom is 0.127 e. The van der Waals surface area contributed by atoms with Crippen LogP contribution in [-0.2, 0) is 0 Å². The van der Waals surface area contributed by atoms with Gasteiger partial charge >= 0.3 is 0 Å². The Hall–Kier alpha value is -1.32. The van der Waals surface area contributed by atoms with Crippen LogP contribution < -0.4 is 4.74 Å². The third kappa shape index (κ3) is 2.19. The summed E-state index contributed by atoms with van der Waals surface area (Å²) in [6, 6.07) is 8.74. The summed E-state index contributed by atoms with van der Waals surface area (Å²) in [5.41, 5.74) is 3.36. The molecular weight excluding hydrogens is 290 g/mol. The molecule has 2 atom stereocenters. The van der Waals surface area contributed by atoms with Crippen LogP contribution in [0.4, 0.5) is 0 Å². The number of benzene rings is 1. The van der Waals surface area contributed by atoms with Crippen LogP contribution in [0.2, 0.25) is 0 Å². The number of ether oxygens (including phenoxy) is 1. The number of fused-ring (bicyclic) bond motifs is 3. The summed E-state index contributed by atoms with van der Waals surface area (Å²) >= 11 is 1.94. The van der Waals surface area contributed by atoms with Gasteiger partial charge in [0, 0.05) is 21.5 Å². The molecule has 0 N–H and O–H groups in total. The summed E-state index contributed by atoms with van der Waals surface area (Å²) in [6.07, 6.45) is 4.15. The van der Waals surface area contributed by atoms with E-state index >= 15 is 0 Å². The molecule has 1 aromatic heterocycles. The first kappa shape index (κ1) is 14.3. The van der Waals surface area contributed by atoms with Gasteiger partial charge in [-0.3, -0.25) is 0 Å². The zero-order valence-electron chi connectivity index (χ0n) is 13.6. The van der Waals surface area contributed by atoms with Gasteiger partial charge < -0.3 is 9.64 Å². The number of allylic oxidation sites excluding steroid dienone is 1. The molecule has 1 aromatic carbocycles. The molecule has 2 unspecified atom stereocenters. The second-order valence-electron chi connectivity index (χ2n) is 6.87. The minimum absolute atomic E-state index is 0.791. The Balaban J connectivity index is 1.84. The van der Waals surface area contributed by atoms with Crippen molar-refractivity contribution in [2.75, 3.05) is 27.7 Å². The zero-order chi connectivity index (χ0) is 15.3. The highest BCUT2D eigenvalue weighted by atomic mass is 32.1. The summed E-state index contributed by atoms with van der Waals surface area (Å²) in [5.74, 6) is 2.62. The molecule has 2 nitrogen and oxygen atoms in total. The highest BCUT2D eigenvalue weighted by molar-refractivity contribution is 7.20. The van der Waals surface area contributed by atoms with Crippen molar-refractivity contribution in [2.45, 2.75) is 19.3 Å². The van der Waals surface area contributed by atoms with Crippen molar-refractivity contribution in [1.82, 2.24) is 4.90 Å². The van der Waals surface area contributed by atoms with Crippen molar-refractivity contribution in [3.8, 4) is 5.75 Å². The number of methoxy groups -OCH3 is 1. The predicted molar refractivity (Wildman–Crippen MR) is 94.7 cm³/mol. The van der Waals surface area contributed by atoms with Gasteiger partial charge in [0.15, 0.2) is 0 Å². The number of thiophene rings is 1. The van der Waals surface area contributed by atoms with E-state index < -0.39 is 0 Å². The van der Waals surface area contributed by atoms with Crippen LogP contribution in [0.3, 0.4) is 0 Å². The van der Waals surface area contributed by atoms with Crippen molar-refractivity contribution < 1.29 is 4.74 Å². The Bertz CT molecular complexity index is 743. The average molecular weight is 313 g/mol. The van der Waals surface area contributed by atoms with Crippen LogP contribution in [0.1, 0.15) is 24.1 Å². The van der Waals surface area contributed by atoms with E-state index in [1.165, 1.54) is 34.2 Å². The first-order valence-electron chi connectivity index (χ1n) is 8.12. The third-order valence-corrected chi connectivity index (χ3v) is 6.31. The quantitative estimate of drug-likeness (QED) is 0.814. The lowest BCUT2D eigenvalue weighted by molar-refractivity contribution is 0.420. The van der Waals surface area contributed by atoms with Crippen LogP contribution in [-0.4, -0.2) is 32.6 Å². The van der Waals surface area contributed by atoms with Crippen molar-refractivity contribution in [2.24, 2.45) is 11.8 Å². The predicted octanol–water partition coefficient (Wildman–Crippen LogP) is 4.66. The highest BCUT2D eigenvalue weighted by Gasteiger charge is 2.39. The Morgan fingerprint density at radius 3 is 2.82 bits per heavy atom. The van der Waals surface area contributed by atoms with Gasteiger partial charge in [-0.15, -0.1) is 11.3 Å². The maximum absolute atomic E-state index is 5.54. The molecule has 0 aliphatic heterocycles. The van der Waals surface area contributed by atoms with Crippen molar-refractivity contribution in [3.05, 3.63) is 34.7 Å². The number of rotatable bonds is 4. The highest BCUT2D eigenvalue weighted by Crippen LogP contribution is 2.54. The summed E-state index contributed by atoms with van der Waals surface area (Å²) in [6.45, 7) is 1.11. The molecule has 1 saturated carbocycles. The first-order valence-corrected chi connectivity index (χ1v) is 8.93. The van der Waals surface area contributed by atoms with Gasteiger partial charge in [0.2, 0.25) is 0 Å². The molecule has 116 valence electrons. The van der Waals surface area contributed by atoms with E-state index in [0.29, 0.717) is 0 Å². The van der Waals surface area contributed by atoms with Gasteiger partial charge in [0.1, 0.15) is 5.75 Å². The fourth-order valence-electron chi connectivity index (χ4n) is 4.30. The summed E-state index contributed by atoms with van der Waals surface area (Å²) in [5, 5.41) is 1.27. The molecule has 1 fully saturated rings. The van der Waals surface area contributed by atoms with Gasteiger partial charge in [-0.2, -0.15) is 0 Å². The molecule has 1 heterocycles. The smallest absolute Gasteiger partial charge is 0.127 e. The topological polar surface area (TPSA) is 12.5 Å². The Morgan fingerprint density at radius 2 is 2.05 bits per heavy atom. The second kappa shape index (κ2) is 5.39. The molecule has 0 radical (unpaired) electrons. The van der Waals surface area contributed by atoms with Crippen LogP contribution in [0.5, 0.6) is 5.75 Å². The van der Waals surface area contributed by atoms with Crippen LogP contribution >= 0.6 is 11.3 Å². The molecule has 2 aliphatic carbocycles. The fourth-order valence-corrected chi connectivity index (χ4v) is 5.54. The molecule has 2 bridgehead atoms. The van der Waals surface area contributed by atoms with Crippen LogP contribution in [0, 0.1) is 11.8 Å².